The molecular formula is C14H21NS. The molecule has 2 N–H and O–H groups in total. The molecule has 1 fully saturated rings. The molecule has 0 saturated carbocycles. The van der Waals surface area contributed by atoms with E-state index in [2.05, 4.69) is 38.1 Å². The Bertz CT molecular complexity index is 356. The maximum absolute atomic E-state index is 6.44. The third-order valence-corrected chi connectivity index (χ3v) is 5.24. The van der Waals surface area contributed by atoms with Gasteiger partial charge in [-0.15, -0.1) is 0 Å². The molecule has 1 nitrogen and oxygen atoms in total. The normalized spacial score (nSPS) is 26.9. The van der Waals surface area contributed by atoms with Crippen molar-refractivity contribution >= 4 is 11.8 Å². The highest BCUT2D eigenvalue weighted by Gasteiger charge is 2.36. The van der Waals surface area contributed by atoms with E-state index in [1.807, 2.05) is 11.8 Å². The molecule has 2 unspecified atom stereocenters. The zero-order chi connectivity index (χ0) is 11.6. The summed E-state index contributed by atoms with van der Waals surface area (Å²) in [6.07, 6.45) is 3.64. The first kappa shape index (κ1) is 12.0. The summed E-state index contributed by atoms with van der Waals surface area (Å²) < 4.78 is 0.242. The lowest BCUT2D eigenvalue weighted by atomic mass is 9.90. The predicted octanol–water partition coefficient (Wildman–Crippen LogP) is 3.53. The molecule has 0 spiro atoms. The molecule has 0 bridgehead atoms. The first-order valence-corrected chi connectivity index (χ1v) is 7.12. The van der Waals surface area contributed by atoms with Crippen LogP contribution in [0.5, 0.6) is 0 Å². The van der Waals surface area contributed by atoms with E-state index in [-0.39, 0.29) is 10.8 Å². The number of aryl methyl sites for hydroxylation is 1. The van der Waals surface area contributed by atoms with E-state index in [0.29, 0.717) is 0 Å². The monoisotopic (exact) mass is 235 g/mol. The molecule has 0 aromatic heterocycles. The first-order chi connectivity index (χ1) is 7.65. The number of rotatable bonds is 3. The van der Waals surface area contributed by atoms with E-state index in [1.54, 1.807) is 0 Å². The van der Waals surface area contributed by atoms with Gasteiger partial charge < -0.3 is 5.73 Å². The minimum Gasteiger partial charge on any atom is -0.323 e. The molecule has 1 aromatic rings. The fourth-order valence-corrected chi connectivity index (χ4v) is 3.76. The Kier molecular flexibility index (Phi) is 3.60. The summed E-state index contributed by atoms with van der Waals surface area (Å²) in [6, 6.07) is 8.94. The quantitative estimate of drug-likeness (QED) is 0.867. The number of hydrogen-bond donors (Lipinski definition) is 1. The molecule has 1 saturated heterocycles. The molecule has 1 aliphatic rings. The van der Waals surface area contributed by atoms with E-state index in [0.717, 1.165) is 6.42 Å². The number of nitrogens with two attached hydrogens (primary N) is 1. The van der Waals surface area contributed by atoms with E-state index >= 15 is 0 Å². The largest absolute Gasteiger partial charge is 0.323 e. The zero-order valence-corrected chi connectivity index (χ0v) is 11.0. The highest BCUT2D eigenvalue weighted by molar-refractivity contribution is 8.00. The summed E-state index contributed by atoms with van der Waals surface area (Å²) in [5.41, 5.74) is 9.13. The van der Waals surface area contributed by atoms with Crippen LogP contribution in [0.15, 0.2) is 24.3 Å². The second-order valence-corrected chi connectivity index (χ2v) is 6.47. The number of thioether (sulfide) groups is 1. The van der Waals surface area contributed by atoms with Crippen LogP contribution in [0, 0.1) is 0 Å². The molecule has 1 aliphatic heterocycles. The molecule has 0 aliphatic carbocycles. The van der Waals surface area contributed by atoms with Crippen LogP contribution in [0.3, 0.4) is 0 Å². The lowest BCUT2D eigenvalue weighted by Crippen LogP contribution is -2.33. The van der Waals surface area contributed by atoms with Crippen LogP contribution in [0.2, 0.25) is 0 Å². The Morgan fingerprint density at radius 3 is 2.94 bits per heavy atom. The van der Waals surface area contributed by atoms with Gasteiger partial charge in [0.1, 0.15) is 0 Å². The molecule has 16 heavy (non-hydrogen) atoms. The Labute approximate surface area is 103 Å². The Hall–Kier alpha value is -0.470. The summed E-state index contributed by atoms with van der Waals surface area (Å²) in [7, 11) is 0. The summed E-state index contributed by atoms with van der Waals surface area (Å²) in [5, 5.41) is 0. The molecule has 1 aromatic carbocycles. The van der Waals surface area contributed by atoms with Crippen LogP contribution in [0.25, 0.3) is 0 Å². The summed E-state index contributed by atoms with van der Waals surface area (Å²) in [4.78, 5) is 0. The maximum atomic E-state index is 6.44. The van der Waals surface area contributed by atoms with Crippen LogP contribution in [0.4, 0.5) is 0 Å². The Morgan fingerprint density at radius 2 is 2.31 bits per heavy atom. The summed E-state index contributed by atoms with van der Waals surface area (Å²) >= 11 is 2.04. The van der Waals surface area contributed by atoms with Gasteiger partial charge in [0, 0.05) is 10.8 Å². The Morgan fingerprint density at radius 1 is 1.50 bits per heavy atom. The lowest BCUT2D eigenvalue weighted by Gasteiger charge is -2.30. The van der Waals surface area contributed by atoms with Gasteiger partial charge in [-0.05, 0) is 43.1 Å². The summed E-state index contributed by atoms with van der Waals surface area (Å²) in [5.74, 6) is 1.26. The van der Waals surface area contributed by atoms with Crippen LogP contribution in [-0.2, 0) is 6.42 Å². The van der Waals surface area contributed by atoms with Gasteiger partial charge in [-0.25, -0.2) is 0 Å². The molecule has 0 radical (unpaired) electrons. The molecule has 0 amide bonds. The third-order valence-electron chi connectivity index (χ3n) is 3.63. The number of hydrogen-bond acceptors (Lipinski definition) is 2. The molecular weight excluding hydrogens is 214 g/mol. The standard InChI is InChI=1S/C14H21NS/c1-3-11-6-4-7-12(10-11)13(15)14(2)8-5-9-16-14/h4,6-7,10,13H,3,5,8-9,15H2,1-2H3. The molecule has 88 valence electrons. The van der Waals surface area contributed by atoms with Crippen LogP contribution < -0.4 is 5.73 Å². The molecule has 1 heterocycles. The van der Waals surface area contributed by atoms with Crippen molar-refractivity contribution in [2.45, 2.75) is 43.9 Å². The van der Waals surface area contributed by atoms with Gasteiger partial charge in [0.2, 0.25) is 0 Å². The van der Waals surface area contributed by atoms with Crippen molar-refractivity contribution in [3.05, 3.63) is 35.4 Å². The van der Waals surface area contributed by atoms with Gasteiger partial charge in [0.15, 0.2) is 0 Å². The van der Waals surface area contributed by atoms with Crippen LogP contribution >= 0.6 is 11.8 Å². The highest BCUT2D eigenvalue weighted by atomic mass is 32.2. The SMILES string of the molecule is CCc1cccc(C(N)C2(C)CCCS2)c1. The van der Waals surface area contributed by atoms with Gasteiger partial charge in [0.05, 0.1) is 0 Å². The third kappa shape index (κ3) is 2.28. The lowest BCUT2D eigenvalue weighted by molar-refractivity contribution is 0.501. The average Bonchev–Trinajstić information content (AvgIpc) is 2.76. The molecule has 2 heteroatoms. The van der Waals surface area contributed by atoms with E-state index in [4.69, 9.17) is 5.73 Å². The fraction of sp³-hybridized carbons (Fsp3) is 0.571. The second kappa shape index (κ2) is 4.80. The Balaban J connectivity index is 2.22. The van der Waals surface area contributed by atoms with Crippen molar-refractivity contribution in [3.8, 4) is 0 Å². The minimum absolute atomic E-state index is 0.173. The van der Waals surface area contributed by atoms with Gasteiger partial charge >= 0.3 is 0 Å². The molecule has 2 rings (SSSR count). The van der Waals surface area contributed by atoms with E-state index in [9.17, 15) is 0 Å². The second-order valence-electron chi connectivity index (χ2n) is 4.84. The average molecular weight is 235 g/mol. The first-order valence-electron chi connectivity index (χ1n) is 6.14. The number of benzene rings is 1. The van der Waals surface area contributed by atoms with Crippen molar-refractivity contribution in [1.29, 1.82) is 0 Å². The van der Waals surface area contributed by atoms with Gasteiger partial charge in [-0.3, -0.25) is 0 Å². The zero-order valence-electron chi connectivity index (χ0n) is 10.2. The van der Waals surface area contributed by atoms with E-state index in [1.165, 1.54) is 29.7 Å². The highest BCUT2D eigenvalue weighted by Crippen LogP contribution is 2.45. The minimum atomic E-state index is 0.173. The van der Waals surface area contributed by atoms with Crippen molar-refractivity contribution in [3.63, 3.8) is 0 Å². The smallest absolute Gasteiger partial charge is 0.0441 e. The topological polar surface area (TPSA) is 26.0 Å². The predicted molar refractivity (Wildman–Crippen MR) is 72.8 cm³/mol. The van der Waals surface area contributed by atoms with Crippen molar-refractivity contribution in [1.82, 2.24) is 0 Å². The van der Waals surface area contributed by atoms with Gasteiger partial charge in [-0.2, -0.15) is 11.8 Å². The van der Waals surface area contributed by atoms with Crippen molar-refractivity contribution in [2.75, 3.05) is 5.75 Å². The maximum Gasteiger partial charge on any atom is 0.0441 e. The van der Waals surface area contributed by atoms with Crippen LogP contribution in [-0.4, -0.2) is 10.5 Å². The van der Waals surface area contributed by atoms with Crippen molar-refractivity contribution < 1.29 is 0 Å². The van der Waals surface area contributed by atoms with E-state index < -0.39 is 0 Å². The van der Waals surface area contributed by atoms with Gasteiger partial charge in [-0.1, -0.05) is 31.2 Å². The molecule has 2 atom stereocenters. The van der Waals surface area contributed by atoms with Gasteiger partial charge in [0.25, 0.3) is 0 Å². The van der Waals surface area contributed by atoms with Crippen molar-refractivity contribution in [2.24, 2.45) is 5.73 Å². The fourth-order valence-electron chi connectivity index (χ4n) is 2.40. The summed E-state index contributed by atoms with van der Waals surface area (Å²) in [6.45, 7) is 4.50. The van der Waals surface area contributed by atoms with Crippen LogP contribution in [0.1, 0.15) is 43.9 Å².